The highest BCUT2D eigenvalue weighted by Gasteiger charge is 2.36. The summed E-state index contributed by atoms with van der Waals surface area (Å²) in [6, 6.07) is 10.3. The van der Waals surface area contributed by atoms with Gasteiger partial charge in [0.05, 0.1) is 5.60 Å². The summed E-state index contributed by atoms with van der Waals surface area (Å²) in [6.07, 6.45) is 4.38. The first-order valence-corrected chi connectivity index (χ1v) is 8.88. The number of methoxy groups -OCH3 is 1. The van der Waals surface area contributed by atoms with E-state index in [0.717, 1.165) is 25.7 Å². The van der Waals surface area contributed by atoms with Gasteiger partial charge in [-0.1, -0.05) is 30.3 Å². The number of carbonyl (C=O) groups is 2. The summed E-state index contributed by atoms with van der Waals surface area (Å²) in [6.45, 7) is 0.823. The lowest BCUT2D eigenvalue weighted by atomic mass is 9.76. The molecule has 6 heteroatoms. The predicted molar refractivity (Wildman–Crippen MR) is 95.7 cm³/mol. The highest BCUT2D eigenvalue weighted by molar-refractivity contribution is 5.74. The minimum absolute atomic E-state index is 0.0587. The molecule has 1 fully saturated rings. The number of carboxylic acids is 1. The van der Waals surface area contributed by atoms with E-state index in [1.54, 1.807) is 7.11 Å². The third-order valence-electron chi connectivity index (χ3n) is 5.02. The Hall–Kier alpha value is -2.08. The molecule has 138 valence electrons. The Morgan fingerprint density at radius 1 is 1.20 bits per heavy atom. The van der Waals surface area contributed by atoms with Crippen molar-refractivity contribution in [2.75, 3.05) is 20.2 Å². The second-order valence-electron chi connectivity index (χ2n) is 6.68. The molecule has 2 rings (SSSR count). The standard InChI is InChI=1S/C19H28N2O4/c1-25-19(14-21-18(24)20-13-5-8-17(22)23)11-9-16(10-12-19)15-6-3-2-4-7-15/h2-4,6-7,16H,5,8-14H2,1H3,(H,22,23)(H2,20,21,24). The number of aliphatic carboxylic acids is 1. The first-order chi connectivity index (χ1) is 12.0. The van der Waals surface area contributed by atoms with E-state index in [1.807, 2.05) is 6.07 Å². The van der Waals surface area contributed by atoms with Gasteiger partial charge in [0, 0.05) is 26.6 Å². The van der Waals surface area contributed by atoms with E-state index in [9.17, 15) is 9.59 Å². The summed E-state index contributed by atoms with van der Waals surface area (Å²) in [5.74, 6) is -0.301. The summed E-state index contributed by atoms with van der Waals surface area (Å²) in [5, 5.41) is 14.1. The molecule has 0 radical (unpaired) electrons. The molecule has 0 aliphatic heterocycles. The molecule has 1 aromatic rings. The fourth-order valence-electron chi connectivity index (χ4n) is 3.40. The van der Waals surface area contributed by atoms with Crippen molar-refractivity contribution >= 4 is 12.0 Å². The third-order valence-corrected chi connectivity index (χ3v) is 5.02. The van der Waals surface area contributed by atoms with Crippen LogP contribution in [-0.4, -0.2) is 42.9 Å². The van der Waals surface area contributed by atoms with E-state index in [4.69, 9.17) is 9.84 Å². The highest BCUT2D eigenvalue weighted by atomic mass is 16.5. The molecule has 0 heterocycles. The lowest BCUT2D eigenvalue weighted by molar-refractivity contribution is -0.137. The normalized spacial score (nSPS) is 23.0. The highest BCUT2D eigenvalue weighted by Crippen LogP contribution is 2.39. The van der Waals surface area contributed by atoms with Crippen LogP contribution in [-0.2, 0) is 9.53 Å². The van der Waals surface area contributed by atoms with Gasteiger partial charge in [0.25, 0.3) is 0 Å². The van der Waals surface area contributed by atoms with Crippen LogP contribution in [0.5, 0.6) is 0 Å². The molecular formula is C19H28N2O4. The number of carboxylic acid groups (broad SMARTS) is 1. The van der Waals surface area contributed by atoms with Crippen LogP contribution in [0.3, 0.4) is 0 Å². The molecule has 0 unspecified atom stereocenters. The van der Waals surface area contributed by atoms with Crippen molar-refractivity contribution in [3.8, 4) is 0 Å². The van der Waals surface area contributed by atoms with Crippen LogP contribution in [0.4, 0.5) is 4.79 Å². The van der Waals surface area contributed by atoms with Crippen LogP contribution in [0.1, 0.15) is 50.0 Å². The number of hydrogen-bond donors (Lipinski definition) is 3. The first-order valence-electron chi connectivity index (χ1n) is 8.88. The molecule has 6 nitrogen and oxygen atoms in total. The Balaban J connectivity index is 1.74. The Bertz CT molecular complexity index is 554. The molecule has 0 atom stereocenters. The molecular weight excluding hydrogens is 320 g/mol. The smallest absolute Gasteiger partial charge is 0.314 e. The second kappa shape index (κ2) is 9.42. The number of amides is 2. The van der Waals surface area contributed by atoms with Crippen molar-refractivity contribution in [3.05, 3.63) is 35.9 Å². The maximum atomic E-state index is 11.8. The van der Waals surface area contributed by atoms with Gasteiger partial charge < -0.3 is 20.5 Å². The Labute approximate surface area is 149 Å². The van der Waals surface area contributed by atoms with E-state index in [-0.39, 0.29) is 18.1 Å². The van der Waals surface area contributed by atoms with E-state index in [2.05, 4.69) is 34.9 Å². The second-order valence-corrected chi connectivity index (χ2v) is 6.68. The van der Waals surface area contributed by atoms with E-state index in [0.29, 0.717) is 25.4 Å². The zero-order chi connectivity index (χ0) is 18.1. The number of carbonyl (C=O) groups excluding carboxylic acids is 1. The van der Waals surface area contributed by atoms with Gasteiger partial charge in [-0.25, -0.2) is 4.79 Å². The molecule has 1 aliphatic rings. The quantitative estimate of drug-likeness (QED) is 0.630. The molecule has 3 N–H and O–H groups in total. The molecule has 0 bridgehead atoms. The topological polar surface area (TPSA) is 87.7 Å². The van der Waals surface area contributed by atoms with Crippen LogP contribution in [0, 0.1) is 0 Å². The van der Waals surface area contributed by atoms with Crippen molar-refractivity contribution in [3.63, 3.8) is 0 Å². The average molecular weight is 348 g/mol. The van der Waals surface area contributed by atoms with Crippen LogP contribution in [0.15, 0.2) is 30.3 Å². The monoisotopic (exact) mass is 348 g/mol. The molecule has 1 aromatic carbocycles. The summed E-state index contributed by atoms with van der Waals surface area (Å²) >= 11 is 0. The lowest BCUT2D eigenvalue weighted by Gasteiger charge is -2.39. The number of hydrogen-bond acceptors (Lipinski definition) is 3. The maximum absolute atomic E-state index is 11.8. The van der Waals surface area contributed by atoms with Crippen molar-refractivity contribution in [1.29, 1.82) is 0 Å². The summed E-state index contributed by atoms with van der Waals surface area (Å²) < 4.78 is 5.75. The van der Waals surface area contributed by atoms with Gasteiger partial charge >= 0.3 is 12.0 Å². The van der Waals surface area contributed by atoms with Gasteiger partial charge in [0.1, 0.15) is 0 Å². The number of nitrogens with one attached hydrogen (secondary N) is 2. The molecule has 2 amide bonds. The van der Waals surface area contributed by atoms with Crippen LogP contribution >= 0.6 is 0 Å². The molecule has 0 aromatic heterocycles. The van der Waals surface area contributed by atoms with Crippen molar-refractivity contribution < 1.29 is 19.4 Å². The van der Waals surface area contributed by atoms with Gasteiger partial charge in [-0.2, -0.15) is 0 Å². The molecule has 0 spiro atoms. The molecule has 1 saturated carbocycles. The van der Waals surface area contributed by atoms with E-state index >= 15 is 0 Å². The number of urea groups is 1. The minimum atomic E-state index is -0.851. The summed E-state index contributed by atoms with van der Waals surface area (Å²) in [7, 11) is 1.70. The number of benzene rings is 1. The summed E-state index contributed by atoms with van der Waals surface area (Å²) in [4.78, 5) is 22.3. The zero-order valence-corrected chi connectivity index (χ0v) is 14.8. The third kappa shape index (κ3) is 6.05. The fourth-order valence-corrected chi connectivity index (χ4v) is 3.40. The van der Waals surface area contributed by atoms with Crippen LogP contribution in [0.25, 0.3) is 0 Å². The SMILES string of the molecule is COC1(CNC(=O)NCCCC(=O)O)CCC(c2ccccc2)CC1. The van der Waals surface area contributed by atoms with Gasteiger partial charge in [0.2, 0.25) is 0 Å². The average Bonchev–Trinajstić information content (AvgIpc) is 2.64. The van der Waals surface area contributed by atoms with Gasteiger partial charge in [-0.3, -0.25) is 4.79 Å². The largest absolute Gasteiger partial charge is 0.481 e. The molecule has 25 heavy (non-hydrogen) atoms. The van der Waals surface area contributed by atoms with Crippen molar-refractivity contribution in [2.45, 2.75) is 50.0 Å². The molecule has 0 saturated heterocycles. The number of ether oxygens (including phenoxy) is 1. The predicted octanol–water partition coefficient (Wildman–Crippen LogP) is 2.89. The van der Waals surface area contributed by atoms with Gasteiger partial charge in [0.15, 0.2) is 0 Å². The Morgan fingerprint density at radius 2 is 1.88 bits per heavy atom. The maximum Gasteiger partial charge on any atom is 0.314 e. The van der Waals surface area contributed by atoms with Gasteiger partial charge in [-0.15, -0.1) is 0 Å². The van der Waals surface area contributed by atoms with Crippen molar-refractivity contribution in [2.24, 2.45) is 0 Å². The van der Waals surface area contributed by atoms with Crippen molar-refractivity contribution in [1.82, 2.24) is 10.6 Å². The molecule has 1 aliphatic carbocycles. The lowest BCUT2D eigenvalue weighted by Crippen LogP contribution is -2.49. The van der Waals surface area contributed by atoms with E-state index < -0.39 is 5.97 Å². The fraction of sp³-hybridized carbons (Fsp3) is 0.579. The van der Waals surface area contributed by atoms with E-state index in [1.165, 1.54) is 5.56 Å². The number of rotatable bonds is 8. The zero-order valence-electron chi connectivity index (χ0n) is 14.8. The summed E-state index contributed by atoms with van der Waals surface area (Å²) in [5.41, 5.74) is 1.06. The van der Waals surface area contributed by atoms with Crippen LogP contribution in [0.2, 0.25) is 0 Å². The Morgan fingerprint density at radius 3 is 2.48 bits per heavy atom. The van der Waals surface area contributed by atoms with Crippen LogP contribution < -0.4 is 10.6 Å². The first kappa shape index (κ1) is 19.2. The minimum Gasteiger partial charge on any atom is -0.481 e. The Kier molecular flexibility index (Phi) is 7.25. The van der Waals surface area contributed by atoms with Gasteiger partial charge in [-0.05, 0) is 43.6 Å².